The molecule has 0 spiro atoms. The molecule has 2 aromatic carbocycles. The summed E-state index contributed by atoms with van der Waals surface area (Å²) in [5, 5.41) is 0.724. The van der Waals surface area contributed by atoms with Crippen molar-refractivity contribution in [1.29, 1.82) is 0 Å². The Balaban J connectivity index is 2.00. The molecule has 148 valence electrons. The van der Waals surface area contributed by atoms with E-state index in [4.69, 9.17) is 9.72 Å². The van der Waals surface area contributed by atoms with Gasteiger partial charge in [-0.1, -0.05) is 35.1 Å². The molecule has 1 heterocycles. The lowest BCUT2D eigenvalue weighted by Crippen LogP contribution is -3.05. The summed E-state index contributed by atoms with van der Waals surface area (Å²) in [6.45, 7) is 5.71. The highest BCUT2D eigenvalue weighted by Gasteiger charge is 2.23. The van der Waals surface area contributed by atoms with E-state index >= 15 is 0 Å². The third-order valence-corrected chi connectivity index (χ3v) is 5.96. The molecule has 0 saturated carbocycles. The number of aromatic nitrogens is 1. The number of ether oxygens (including phenoxy) is 1. The average molecular weight is 399 g/mol. The fourth-order valence-corrected chi connectivity index (χ4v) is 4.18. The van der Waals surface area contributed by atoms with E-state index in [1.807, 2.05) is 48.2 Å². The Labute approximate surface area is 170 Å². The van der Waals surface area contributed by atoms with Crippen LogP contribution in [0.1, 0.15) is 27.9 Å². The number of quaternary nitrogens is 1. The predicted octanol–water partition coefficient (Wildman–Crippen LogP) is 3.10. The van der Waals surface area contributed by atoms with Crippen LogP contribution in [-0.4, -0.2) is 45.2 Å². The molecule has 0 unspecified atom stereocenters. The number of methoxy groups -OCH3 is 1. The molecule has 0 aliphatic rings. The first-order chi connectivity index (χ1) is 13.4. The number of benzene rings is 2. The normalized spacial score (nSPS) is 11.2. The van der Waals surface area contributed by atoms with Gasteiger partial charge in [-0.05, 0) is 37.6 Å². The first kappa shape index (κ1) is 20.3. The van der Waals surface area contributed by atoms with Crippen molar-refractivity contribution in [2.45, 2.75) is 20.3 Å². The lowest BCUT2D eigenvalue weighted by molar-refractivity contribution is -0.858. The van der Waals surface area contributed by atoms with Crippen LogP contribution in [0.4, 0.5) is 5.13 Å². The zero-order valence-corrected chi connectivity index (χ0v) is 18.0. The molecule has 0 aliphatic carbocycles. The molecular weight excluding hydrogens is 370 g/mol. The molecule has 1 amide bonds. The zero-order chi connectivity index (χ0) is 20.3. The standard InChI is InChI=1S/C22H27N3O2S/c1-15-7-10-17(11-8-15)21(26)25(14-6-13-24(3)4)22-23-19-18(27-5)12-9-16(2)20(19)28-22/h7-12H,6,13-14H2,1-5H3/p+1. The Morgan fingerprint density at radius 3 is 2.50 bits per heavy atom. The van der Waals surface area contributed by atoms with Crippen LogP contribution in [0.25, 0.3) is 10.2 Å². The number of fused-ring (bicyclic) bond motifs is 1. The van der Waals surface area contributed by atoms with Crippen molar-refractivity contribution in [3.63, 3.8) is 0 Å². The van der Waals surface area contributed by atoms with E-state index in [2.05, 4.69) is 21.0 Å². The van der Waals surface area contributed by atoms with Crippen LogP contribution in [0.5, 0.6) is 5.75 Å². The lowest BCUT2D eigenvalue weighted by Gasteiger charge is -2.20. The molecule has 0 atom stereocenters. The molecule has 28 heavy (non-hydrogen) atoms. The fourth-order valence-electron chi connectivity index (χ4n) is 3.11. The second kappa shape index (κ2) is 8.71. The van der Waals surface area contributed by atoms with E-state index in [1.54, 1.807) is 18.4 Å². The highest BCUT2D eigenvalue weighted by Crippen LogP contribution is 2.36. The fraction of sp³-hybridized carbons (Fsp3) is 0.364. The molecule has 5 nitrogen and oxygen atoms in total. The Morgan fingerprint density at radius 2 is 1.86 bits per heavy atom. The van der Waals surface area contributed by atoms with Crippen molar-refractivity contribution in [1.82, 2.24) is 4.98 Å². The van der Waals surface area contributed by atoms with Crippen LogP contribution in [0.3, 0.4) is 0 Å². The van der Waals surface area contributed by atoms with Crippen molar-refractivity contribution < 1.29 is 14.4 Å². The number of amides is 1. The predicted molar refractivity (Wildman–Crippen MR) is 116 cm³/mol. The third-order valence-electron chi connectivity index (χ3n) is 4.75. The van der Waals surface area contributed by atoms with Crippen LogP contribution in [0.2, 0.25) is 0 Å². The number of nitrogens with one attached hydrogen (secondary N) is 1. The molecule has 3 rings (SSSR count). The molecule has 0 saturated heterocycles. The Morgan fingerprint density at radius 1 is 1.14 bits per heavy atom. The van der Waals surface area contributed by atoms with Crippen LogP contribution in [-0.2, 0) is 0 Å². The van der Waals surface area contributed by atoms with Crippen LogP contribution >= 0.6 is 11.3 Å². The van der Waals surface area contributed by atoms with Crippen molar-refractivity contribution in [3.8, 4) is 5.75 Å². The van der Waals surface area contributed by atoms with Gasteiger partial charge in [-0.3, -0.25) is 9.69 Å². The van der Waals surface area contributed by atoms with E-state index in [1.165, 1.54) is 4.90 Å². The summed E-state index contributed by atoms with van der Waals surface area (Å²) in [7, 11) is 5.90. The highest BCUT2D eigenvalue weighted by atomic mass is 32.1. The second-order valence-corrected chi connectivity index (χ2v) is 8.37. The number of thiazole rings is 1. The number of carbonyl (C=O) groups is 1. The first-order valence-electron chi connectivity index (χ1n) is 9.52. The lowest BCUT2D eigenvalue weighted by atomic mass is 10.1. The summed E-state index contributed by atoms with van der Waals surface area (Å²) >= 11 is 1.55. The maximum absolute atomic E-state index is 13.3. The Bertz CT molecular complexity index is 964. The quantitative estimate of drug-likeness (QED) is 0.665. The summed E-state index contributed by atoms with van der Waals surface area (Å²) in [5.74, 6) is 0.730. The third kappa shape index (κ3) is 4.34. The van der Waals surface area contributed by atoms with Gasteiger partial charge in [-0.25, -0.2) is 4.98 Å². The molecule has 0 bridgehead atoms. The molecule has 3 aromatic rings. The molecule has 1 N–H and O–H groups in total. The summed E-state index contributed by atoms with van der Waals surface area (Å²) in [6.07, 6.45) is 0.909. The molecular formula is C22H28N3O2S+. The number of aryl methyl sites for hydroxylation is 2. The van der Waals surface area contributed by atoms with E-state index < -0.39 is 0 Å². The van der Waals surface area contributed by atoms with E-state index in [0.29, 0.717) is 12.1 Å². The maximum Gasteiger partial charge on any atom is 0.260 e. The minimum Gasteiger partial charge on any atom is -0.494 e. The number of nitrogens with zero attached hydrogens (tertiary/aromatic N) is 2. The summed E-state index contributed by atoms with van der Waals surface area (Å²) < 4.78 is 6.55. The Kier molecular flexibility index (Phi) is 6.31. The van der Waals surface area contributed by atoms with Gasteiger partial charge in [0.25, 0.3) is 5.91 Å². The van der Waals surface area contributed by atoms with Crippen LogP contribution in [0.15, 0.2) is 36.4 Å². The van der Waals surface area contributed by atoms with Crippen LogP contribution in [0, 0.1) is 13.8 Å². The summed E-state index contributed by atoms with van der Waals surface area (Å²) in [6, 6.07) is 11.7. The molecule has 0 aliphatic heterocycles. The number of anilines is 1. The number of hydrogen-bond donors (Lipinski definition) is 1. The summed E-state index contributed by atoms with van der Waals surface area (Å²) in [5.41, 5.74) is 3.79. The van der Waals surface area contributed by atoms with Crippen LogP contribution < -0.4 is 14.5 Å². The summed E-state index contributed by atoms with van der Waals surface area (Å²) in [4.78, 5) is 21.3. The second-order valence-electron chi connectivity index (χ2n) is 7.39. The molecule has 0 radical (unpaired) electrons. The zero-order valence-electron chi connectivity index (χ0n) is 17.2. The van der Waals surface area contributed by atoms with E-state index in [9.17, 15) is 4.79 Å². The SMILES string of the molecule is COc1ccc(C)c2sc(N(CCC[NH+](C)C)C(=O)c3ccc(C)cc3)nc12. The minimum absolute atomic E-state index is 0.00979. The van der Waals surface area contributed by atoms with Gasteiger partial charge in [0.2, 0.25) is 0 Å². The van der Waals surface area contributed by atoms with Gasteiger partial charge >= 0.3 is 0 Å². The van der Waals surface area contributed by atoms with Crippen molar-refractivity contribution in [3.05, 3.63) is 53.1 Å². The highest BCUT2D eigenvalue weighted by molar-refractivity contribution is 7.22. The van der Waals surface area contributed by atoms with Gasteiger partial charge in [-0.2, -0.15) is 0 Å². The van der Waals surface area contributed by atoms with Gasteiger partial charge in [0.1, 0.15) is 11.3 Å². The number of rotatable bonds is 7. The monoisotopic (exact) mass is 398 g/mol. The minimum atomic E-state index is -0.00979. The number of hydrogen-bond acceptors (Lipinski definition) is 4. The number of carbonyl (C=O) groups excluding carboxylic acids is 1. The van der Waals surface area contributed by atoms with Gasteiger partial charge in [-0.15, -0.1) is 0 Å². The van der Waals surface area contributed by atoms with Crippen molar-refractivity contribution in [2.75, 3.05) is 39.2 Å². The first-order valence-corrected chi connectivity index (χ1v) is 10.3. The maximum atomic E-state index is 13.3. The average Bonchev–Trinajstić information content (AvgIpc) is 3.11. The smallest absolute Gasteiger partial charge is 0.260 e. The topological polar surface area (TPSA) is 46.9 Å². The van der Waals surface area contributed by atoms with Gasteiger partial charge in [0.05, 0.1) is 32.4 Å². The van der Waals surface area contributed by atoms with E-state index in [0.717, 1.165) is 45.2 Å². The largest absolute Gasteiger partial charge is 0.494 e. The Hall–Kier alpha value is -2.44. The van der Waals surface area contributed by atoms with Gasteiger partial charge in [0, 0.05) is 18.5 Å². The molecule has 0 fully saturated rings. The van der Waals surface area contributed by atoms with Gasteiger partial charge < -0.3 is 9.64 Å². The molecule has 6 heteroatoms. The van der Waals surface area contributed by atoms with Crippen molar-refractivity contribution >= 4 is 32.6 Å². The van der Waals surface area contributed by atoms with Crippen molar-refractivity contribution in [2.24, 2.45) is 0 Å². The van der Waals surface area contributed by atoms with Gasteiger partial charge in [0.15, 0.2) is 5.13 Å². The van der Waals surface area contributed by atoms with E-state index in [-0.39, 0.29) is 5.91 Å². The molecule has 1 aromatic heterocycles.